The van der Waals surface area contributed by atoms with Crippen LogP contribution < -0.4 is 5.32 Å². The molecule has 0 radical (unpaired) electrons. The number of ether oxygens (including phenoxy) is 1. The van der Waals surface area contributed by atoms with Gasteiger partial charge in [-0.15, -0.1) is 11.8 Å². The zero-order chi connectivity index (χ0) is 17.2. The largest absolute Gasteiger partial charge is 0.381 e. The van der Waals surface area contributed by atoms with Gasteiger partial charge in [-0.05, 0) is 32.4 Å². The van der Waals surface area contributed by atoms with Crippen LogP contribution >= 0.6 is 11.8 Å². The standard InChI is InChI=1S/C18H28FN3OS/c1-3-20-18(22-11-9-15(13-22)14-23-4-2)21-10-12-24-17-8-6-5-7-16(17)19/h5-8,15H,3-4,9-14H2,1-2H3,(H,20,21). The Kier molecular flexibility index (Phi) is 8.39. The molecule has 1 aliphatic rings. The van der Waals surface area contributed by atoms with Crippen LogP contribution in [0, 0.1) is 11.7 Å². The predicted octanol–water partition coefficient (Wildman–Crippen LogP) is 3.24. The first-order valence-electron chi connectivity index (χ1n) is 8.72. The number of likely N-dealkylation sites (tertiary alicyclic amines) is 1. The number of rotatable bonds is 8. The van der Waals surface area contributed by atoms with Crippen LogP contribution in [0.4, 0.5) is 4.39 Å². The number of guanidine groups is 1. The summed E-state index contributed by atoms with van der Waals surface area (Å²) in [6.07, 6.45) is 1.15. The monoisotopic (exact) mass is 353 g/mol. The van der Waals surface area contributed by atoms with Gasteiger partial charge in [0, 0.05) is 42.8 Å². The highest BCUT2D eigenvalue weighted by Crippen LogP contribution is 2.21. The molecular weight excluding hydrogens is 325 g/mol. The number of hydrogen-bond acceptors (Lipinski definition) is 3. The van der Waals surface area contributed by atoms with E-state index in [0.717, 1.165) is 51.0 Å². The molecule has 0 spiro atoms. The second-order valence-electron chi connectivity index (χ2n) is 5.77. The van der Waals surface area contributed by atoms with E-state index >= 15 is 0 Å². The molecule has 0 aromatic heterocycles. The van der Waals surface area contributed by atoms with Gasteiger partial charge in [0.15, 0.2) is 5.96 Å². The molecule has 1 aromatic carbocycles. The molecule has 134 valence electrons. The van der Waals surface area contributed by atoms with E-state index in [9.17, 15) is 4.39 Å². The van der Waals surface area contributed by atoms with Crippen molar-refractivity contribution in [3.05, 3.63) is 30.1 Å². The Labute approximate surface area is 148 Å². The maximum atomic E-state index is 13.6. The fourth-order valence-corrected chi connectivity index (χ4v) is 3.52. The van der Waals surface area contributed by atoms with Gasteiger partial charge in [-0.1, -0.05) is 12.1 Å². The third-order valence-corrected chi connectivity index (χ3v) is 4.95. The molecule has 0 saturated carbocycles. The highest BCUT2D eigenvalue weighted by Gasteiger charge is 2.24. The smallest absolute Gasteiger partial charge is 0.193 e. The van der Waals surface area contributed by atoms with Gasteiger partial charge in [-0.25, -0.2) is 4.39 Å². The number of nitrogens with one attached hydrogen (secondary N) is 1. The molecule has 1 aromatic rings. The van der Waals surface area contributed by atoms with Crippen molar-refractivity contribution in [2.45, 2.75) is 25.2 Å². The highest BCUT2D eigenvalue weighted by atomic mass is 32.2. The SMILES string of the molecule is CCNC(=NCCSc1ccccc1F)N1CCC(COCC)C1. The lowest BCUT2D eigenvalue weighted by molar-refractivity contribution is 0.114. The summed E-state index contributed by atoms with van der Waals surface area (Å²) in [7, 11) is 0. The molecule has 1 unspecified atom stereocenters. The molecule has 4 nitrogen and oxygen atoms in total. The second kappa shape index (κ2) is 10.6. The molecule has 1 saturated heterocycles. The molecule has 0 amide bonds. The fraction of sp³-hybridized carbons (Fsp3) is 0.611. The average Bonchev–Trinajstić information content (AvgIpc) is 3.06. The maximum absolute atomic E-state index is 13.6. The van der Waals surface area contributed by atoms with Crippen LogP contribution in [-0.2, 0) is 4.74 Å². The van der Waals surface area contributed by atoms with E-state index in [2.05, 4.69) is 17.1 Å². The first-order chi connectivity index (χ1) is 11.7. The van der Waals surface area contributed by atoms with Crippen LogP contribution in [-0.4, -0.2) is 56.0 Å². The van der Waals surface area contributed by atoms with Crippen molar-refractivity contribution >= 4 is 17.7 Å². The summed E-state index contributed by atoms with van der Waals surface area (Å²) in [6, 6.07) is 6.89. The Hall–Kier alpha value is -1.27. The Bertz CT molecular complexity index is 527. The van der Waals surface area contributed by atoms with Crippen LogP contribution in [0.15, 0.2) is 34.2 Å². The normalized spacial score (nSPS) is 18.2. The van der Waals surface area contributed by atoms with Crippen molar-refractivity contribution in [1.29, 1.82) is 0 Å². The molecule has 1 atom stereocenters. The first kappa shape index (κ1) is 19.1. The number of nitrogens with zero attached hydrogens (tertiary/aromatic N) is 2. The molecular formula is C18H28FN3OS. The molecule has 1 heterocycles. The second-order valence-corrected chi connectivity index (χ2v) is 6.91. The quantitative estimate of drug-likeness (QED) is 0.337. The summed E-state index contributed by atoms with van der Waals surface area (Å²) in [5.74, 6) is 2.16. The van der Waals surface area contributed by atoms with E-state index in [-0.39, 0.29) is 5.82 Å². The van der Waals surface area contributed by atoms with Gasteiger partial charge in [-0.2, -0.15) is 0 Å². The number of thioether (sulfide) groups is 1. The summed E-state index contributed by atoms with van der Waals surface area (Å²) in [4.78, 5) is 7.70. The van der Waals surface area contributed by atoms with Crippen LogP contribution in [0.2, 0.25) is 0 Å². The molecule has 2 rings (SSSR count). The zero-order valence-corrected chi connectivity index (χ0v) is 15.4. The lowest BCUT2D eigenvalue weighted by atomic mass is 10.1. The maximum Gasteiger partial charge on any atom is 0.193 e. The molecule has 24 heavy (non-hydrogen) atoms. The minimum atomic E-state index is -0.156. The van der Waals surface area contributed by atoms with E-state index in [1.807, 2.05) is 19.1 Å². The zero-order valence-electron chi connectivity index (χ0n) is 14.6. The van der Waals surface area contributed by atoms with Crippen molar-refractivity contribution in [3.8, 4) is 0 Å². The molecule has 6 heteroatoms. The van der Waals surface area contributed by atoms with Gasteiger partial charge in [0.2, 0.25) is 0 Å². The summed E-state index contributed by atoms with van der Waals surface area (Å²) in [5, 5.41) is 3.36. The van der Waals surface area contributed by atoms with Crippen molar-refractivity contribution in [1.82, 2.24) is 10.2 Å². The minimum Gasteiger partial charge on any atom is -0.381 e. The van der Waals surface area contributed by atoms with E-state index < -0.39 is 0 Å². The number of benzene rings is 1. The van der Waals surface area contributed by atoms with Crippen molar-refractivity contribution in [3.63, 3.8) is 0 Å². The van der Waals surface area contributed by atoms with Gasteiger partial charge in [0.25, 0.3) is 0 Å². The summed E-state index contributed by atoms with van der Waals surface area (Å²) in [5.41, 5.74) is 0. The van der Waals surface area contributed by atoms with Crippen LogP contribution in [0.3, 0.4) is 0 Å². The summed E-state index contributed by atoms with van der Waals surface area (Å²) >= 11 is 1.51. The van der Waals surface area contributed by atoms with Gasteiger partial charge < -0.3 is 15.0 Å². The van der Waals surface area contributed by atoms with Gasteiger partial charge in [0.1, 0.15) is 5.82 Å². The average molecular weight is 354 g/mol. The molecule has 1 N–H and O–H groups in total. The number of aliphatic imine (C=N–C) groups is 1. The Morgan fingerprint density at radius 3 is 3.00 bits per heavy atom. The third-order valence-electron chi connectivity index (χ3n) is 3.93. The van der Waals surface area contributed by atoms with E-state index in [4.69, 9.17) is 9.73 Å². The Morgan fingerprint density at radius 1 is 1.42 bits per heavy atom. The van der Waals surface area contributed by atoms with Crippen molar-refractivity contribution in [2.75, 3.05) is 45.1 Å². The van der Waals surface area contributed by atoms with Gasteiger partial charge in [0.05, 0.1) is 13.2 Å². The van der Waals surface area contributed by atoms with Crippen molar-refractivity contribution < 1.29 is 9.13 Å². The fourth-order valence-electron chi connectivity index (χ4n) is 2.74. The van der Waals surface area contributed by atoms with Crippen molar-refractivity contribution in [2.24, 2.45) is 10.9 Å². The van der Waals surface area contributed by atoms with Gasteiger partial charge >= 0.3 is 0 Å². The molecule has 0 aliphatic carbocycles. The Balaban J connectivity index is 1.81. The lowest BCUT2D eigenvalue weighted by Gasteiger charge is -2.21. The molecule has 1 fully saturated rings. The first-order valence-corrected chi connectivity index (χ1v) is 9.71. The summed E-state index contributed by atoms with van der Waals surface area (Å²) in [6.45, 7) is 9.26. The van der Waals surface area contributed by atoms with Crippen LogP contribution in [0.5, 0.6) is 0 Å². The predicted molar refractivity (Wildman–Crippen MR) is 99.3 cm³/mol. The highest BCUT2D eigenvalue weighted by molar-refractivity contribution is 7.99. The topological polar surface area (TPSA) is 36.9 Å². The number of halogens is 1. The Morgan fingerprint density at radius 2 is 2.25 bits per heavy atom. The van der Waals surface area contributed by atoms with E-state index in [0.29, 0.717) is 17.4 Å². The molecule has 0 bridgehead atoms. The lowest BCUT2D eigenvalue weighted by Crippen LogP contribution is -2.40. The van der Waals surface area contributed by atoms with E-state index in [1.165, 1.54) is 17.8 Å². The van der Waals surface area contributed by atoms with Gasteiger partial charge in [-0.3, -0.25) is 4.99 Å². The minimum absolute atomic E-state index is 0.156. The van der Waals surface area contributed by atoms with E-state index in [1.54, 1.807) is 6.07 Å². The third kappa shape index (κ3) is 5.98. The molecule has 1 aliphatic heterocycles. The number of hydrogen-bond donors (Lipinski definition) is 1. The van der Waals surface area contributed by atoms with Crippen LogP contribution in [0.1, 0.15) is 20.3 Å². The van der Waals surface area contributed by atoms with Crippen LogP contribution in [0.25, 0.3) is 0 Å². The summed E-state index contributed by atoms with van der Waals surface area (Å²) < 4.78 is 19.1.